The third-order valence-corrected chi connectivity index (χ3v) is 2.80. The van der Waals surface area contributed by atoms with Gasteiger partial charge in [-0.1, -0.05) is 6.42 Å². The number of ether oxygens (including phenoxy) is 1. The zero-order valence-corrected chi connectivity index (χ0v) is 8.56. The zero-order valence-electron chi connectivity index (χ0n) is 8.56. The number of carboxylic acids is 1. The highest BCUT2D eigenvalue weighted by Crippen LogP contribution is 2.36. The number of carbonyl (C=O) groups is 1. The Labute approximate surface area is 87.9 Å². The molecule has 1 heterocycles. The van der Waals surface area contributed by atoms with Crippen molar-refractivity contribution in [3.63, 3.8) is 0 Å². The molecule has 80 valence electrons. The fourth-order valence-corrected chi connectivity index (χ4v) is 1.67. The van der Waals surface area contributed by atoms with Gasteiger partial charge in [0.25, 0.3) is 0 Å². The number of pyridine rings is 1. The Morgan fingerprint density at radius 1 is 1.53 bits per heavy atom. The molecule has 1 N–H and O–H groups in total. The van der Waals surface area contributed by atoms with Crippen molar-refractivity contribution in [3.05, 3.63) is 23.4 Å². The third kappa shape index (κ3) is 1.93. The van der Waals surface area contributed by atoms with E-state index in [0.717, 1.165) is 18.5 Å². The second-order valence-corrected chi connectivity index (χ2v) is 3.76. The van der Waals surface area contributed by atoms with Gasteiger partial charge in [0.1, 0.15) is 0 Å². The van der Waals surface area contributed by atoms with Crippen LogP contribution in [0.2, 0.25) is 0 Å². The molecule has 0 radical (unpaired) electrons. The monoisotopic (exact) mass is 207 g/mol. The highest BCUT2D eigenvalue weighted by atomic mass is 16.5. The van der Waals surface area contributed by atoms with Gasteiger partial charge in [0.2, 0.25) is 5.88 Å². The second kappa shape index (κ2) is 3.88. The summed E-state index contributed by atoms with van der Waals surface area (Å²) >= 11 is 0. The van der Waals surface area contributed by atoms with E-state index in [1.165, 1.54) is 19.6 Å². The Morgan fingerprint density at radius 2 is 2.27 bits per heavy atom. The van der Waals surface area contributed by atoms with Gasteiger partial charge in [-0.05, 0) is 18.9 Å². The summed E-state index contributed by atoms with van der Waals surface area (Å²) in [6.07, 6.45) is 3.39. The summed E-state index contributed by atoms with van der Waals surface area (Å²) in [5.41, 5.74) is 1.10. The fraction of sp³-hybridized carbons (Fsp3) is 0.455. The van der Waals surface area contributed by atoms with Crippen LogP contribution in [0.4, 0.5) is 0 Å². The predicted molar refractivity (Wildman–Crippen MR) is 54.3 cm³/mol. The highest BCUT2D eigenvalue weighted by Gasteiger charge is 2.22. The number of hydrogen-bond acceptors (Lipinski definition) is 3. The predicted octanol–water partition coefficient (Wildman–Crippen LogP) is 2.06. The Balaban J connectivity index is 2.36. The first-order valence-electron chi connectivity index (χ1n) is 5.00. The Morgan fingerprint density at radius 3 is 2.73 bits per heavy atom. The molecule has 1 fully saturated rings. The summed E-state index contributed by atoms with van der Waals surface area (Å²) in [6.45, 7) is 0. The van der Waals surface area contributed by atoms with Crippen LogP contribution in [-0.2, 0) is 0 Å². The molecule has 1 aliphatic carbocycles. The van der Waals surface area contributed by atoms with Crippen LogP contribution in [0.25, 0.3) is 0 Å². The van der Waals surface area contributed by atoms with Gasteiger partial charge in [0, 0.05) is 17.7 Å². The molecular formula is C11H13NO3. The second-order valence-electron chi connectivity index (χ2n) is 3.76. The molecule has 0 saturated heterocycles. The standard InChI is InChI=1S/C11H13NO3/c1-15-10-6-8(11(13)14)5-9(12-10)7-3-2-4-7/h5-7H,2-4H2,1H3,(H,13,14). The fourth-order valence-electron chi connectivity index (χ4n) is 1.67. The molecule has 1 aliphatic rings. The smallest absolute Gasteiger partial charge is 0.335 e. The van der Waals surface area contributed by atoms with E-state index < -0.39 is 5.97 Å². The average molecular weight is 207 g/mol. The molecule has 0 unspecified atom stereocenters. The molecule has 4 heteroatoms. The van der Waals surface area contributed by atoms with Crippen molar-refractivity contribution < 1.29 is 14.6 Å². The van der Waals surface area contributed by atoms with E-state index in [0.29, 0.717) is 11.8 Å². The van der Waals surface area contributed by atoms with Crippen molar-refractivity contribution in [2.45, 2.75) is 25.2 Å². The summed E-state index contributed by atoms with van der Waals surface area (Å²) in [6, 6.07) is 3.10. The quantitative estimate of drug-likeness (QED) is 0.824. The van der Waals surface area contributed by atoms with Crippen LogP contribution in [0.1, 0.15) is 41.2 Å². The summed E-state index contributed by atoms with van der Waals surface area (Å²) in [4.78, 5) is 15.1. The normalized spacial score (nSPS) is 15.8. The molecule has 0 atom stereocenters. The van der Waals surface area contributed by atoms with Gasteiger partial charge in [-0.25, -0.2) is 9.78 Å². The zero-order chi connectivity index (χ0) is 10.8. The van der Waals surface area contributed by atoms with Gasteiger partial charge in [-0.15, -0.1) is 0 Å². The first-order valence-corrected chi connectivity index (χ1v) is 5.00. The van der Waals surface area contributed by atoms with Crippen LogP contribution in [0.5, 0.6) is 5.88 Å². The first-order chi connectivity index (χ1) is 7.20. The molecule has 0 amide bonds. The van der Waals surface area contributed by atoms with Crippen molar-refractivity contribution >= 4 is 5.97 Å². The van der Waals surface area contributed by atoms with E-state index >= 15 is 0 Å². The lowest BCUT2D eigenvalue weighted by Gasteiger charge is -2.25. The lowest BCUT2D eigenvalue weighted by Crippen LogP contribution is -2.12. The Bertz CT molecular complexity index is 385. The number of nitrogens with zero attached hydrogens (tertiary/aromatic N) is 1. The highest BCUT2D eigenvalue weighted by molar-refractivity contribution is 5.88. The molecule has 1 aromatic rings. The average Bonchev–Trinajstić information content (AvgIpc) is 2.14. The maximum absolute atomic E-state index is 10.9. The van der Waals surface area contributed by atoms with E-state index in [9.17, 15) is 4.79 Å². The number of rotatable bonds is 3. The molecular weight excluding hydrogens is 194 g/mol. The number of hydrogen-bond donors (Lipinski definition) is 1. The van der Waals surface area contributed by atoms with Gasteiger partial charge < -0.3 is 9.84 Å². The Kier molecular flexibility index (Phi) is 2.58. The molecule has 15 heavy (non-hydrogen) atoms. The van der Waals surface area contributed by atoms with E-state index in [-0.39, 0.29) is 5.56 Å². The SMILES string of the molecule is COc1cc(C(=O)O)cc(C2CCC2)n1. The van der Waals surface area contributed by atoms with Crippen molar-refractivity contribution in [2.75, 3.05) is 7.11 Å². The van der Waals surface area contributed by atoms with Crippen molar-refractivity contribution in [1.29, 1.82) is 0 Å². The van der Waals surface area contributed by atoms with E-state index in [1.54, 1.807) is 6.07 Å². The number of carboxylic acid groups (broad SMARTS) is 1. The number of aromatic nitrogens is 1. The Hall–Kier alpha value is -1.58. The summed E-state index contributed by atoms with van der Waals surface area (Å²) < 4.78 is 4.99. The van der Waals surface area contributed by atoms with E-state index in [4.69, 9.17) is 9.84 Å². The van der Waals surface area contributed by atoms with Crippen LogP contribution < -0.4 is 4.74 Å². The summed E-state index contributed by atoms with van der Waals surface area (Å²) in [5, 5.41) is 8.92. The van der Waals surface area contributed by atoms with Crippen molar-refractivity contribution in [3.8, 4) is 5.88 Å². The molecule has 4 nitrogen and oxygen atoms in total. The lowest BCUT2D eigenvalue weighted by atomic mass is 9.82. The molecule has 0 bridgehead atoms. The van der Waals surface area contributed by atoms with Crippen LogP contribution >= 0.6 is 0 Å². The summed E-state index contributed by atoms with van der Waals surface area (Å²) in [7, 11) is 1.50. The van der Waals surface area contributed by atoms with Gasteiger partial charge in [-0.3, -0.25) is 0 Å². The largest absolute Gasteiger partial charge is 0.481 e. The van der Waals surface area contributed by atoms with Gasteiger partial charge >= 0.3 is 5.97 Å². The van der Waals surface area contributed by atoms with Crippen LogP contribution in [0, 0.1) is 0 Å². The van der Waals surface area contributed by atoms with Gasteiger partial charge in [-0.2, -0.15) is 0 Å². The minimum atomic E-state index is -0.934. The molecule has 1 saturated carbocycles. The van der Waals surface area contributed by atoms with Crippen LogP contribution in [0.15, 0.2) is 12.1 Å². The van der Waals surface area contributed by atoms with Crippen LogP contribution in [0.3, 0.4) is 0 Å². The number of methoxy groups -OCH3 is 1. The van der Waals surface area contributed by atoms with Crippen LogP contribution in [-0.4, -0.2) is 23.2 Å². The molecule has 1 aromatic heterocycles. The van der Waals surface area contributed by atoms with E-state index in [1.807, 2.05) is 0 Å². The maximum Gasteiger partial charge on any atom is 0.335 e. The lowest BCUT2D eigenvalue weighted by molar-refractivity contribution is 0.0696. The molecule has 2 rings (SSSR count). The topological polar surface area (TPSA) is 59.4 Å². The molecule has 0 spiro atoms. The van der Waals surface area contributed by atoms with Gasteiger partial charge in [0.05, 0.1) is 12.7 Å². The first kappa shape index (κ1) is 9.96. The summed E-state index contributed by atoms with van der Waals surface area (Å²) in [5.74, 6) is -0.133. The molecule has 0 aliphatic heterocycles. The molecule has 0 aromatic carbocycles. The maximum atomic E-state index is 10.9. The van der Waals surface area contributed by atoms with Crippen molar-refractivity contribution in [2.24, 2.45) is 0 Å². The number of aromatic carboxylic acids is 1. The van der Waals surface area contributed by atoms with E-state index in [2.05, 4.69) is 4.98 Å². The van der Waals surface area contributed by atoms with Gasteiger partial charge in [0.15, 0.2) is 0 Å². The van der Waals surface area contributed by atoms with Crippen molar-refractivity contribution in [1.82, 2.24) is 4.98 Å². The minimum Gasteiger partial charge on any atom is -0.481 e. The minimum absolute atomic E-state index is 0.253. The third-order valence-electron chi connectivity index (χ3n) is 2.80.